The molecule has 1 aromatic rings. The Bertz CT molecular complexity index is 813. The Hall–Kier alpha value is -1.84. The monoisotopic (exact) mass is 416 g/mol. The molecule has 2 N–H and O–H groups in total. The number of nitrogens with zero attached hydrogens (tertiary/aromatic N) is 1. The molecule has 0 radical (unpaired) electrons. The number of amides is 1. The van der Waals surface area contributed by atoms with Gasteiger partial charge in [-0.15, -0.1) is 11.3 Å². The van der Waals surface area contributed by atoms with E-state index < -0.39 is 5.97 Å². The van der Waals surface area contributed by atoms with E-state index in [1.54, 1.807) is 4.90 Å². The Morgan fingerprint density at radius 1 is 1.21 bits per heavy atom. The highest BCUT2D eigenvalue weighted by Crippen LogP contribution is 2.37. The van der Waals surface area contributed by atoms with Gasteiger partial charge >= 0.3 is 5.97 Å². The normalized spacial score (nSPS) is 24.6. The second kappa shape index (κ2) is 8.89. The summed E-state index contributed by atoms with van der Waals surface area (Å²) in [4.78, 5) is 28.3. The van der Waals surface area contributed by atoms with Crippen molar-refractivity contribution in [2.45, 2.75) is 65.8 Å². The van der Waals surface area contributed by atoms with Gasteiger partial charge in [0.25, 0.3) is 0 Å². The molecule has 158 valence electrons. The summed E-state index contributed by atoms with van der Waals surface area (Å²) in [5.74, 6) is 6.04. The van der Waals surface area contributed by atoms with Crippen LogP contribution < -0.4 is 10.2 Å². The maximum atomic E-state index is 13.6. The average Bonchev–Trinajstić information content (AvgIpc) is 3.31. The topological polar surface area (TPSA) is 69.6 Å². The number of hydrogen-bond acceptors (Lipinski definition) is 4. The summed E-state index contributed by atoms with van der Waals surface area (Å²) >= 11 is 1.17. The van der Waals surface area contributed by atoms with Gasteiger partial charge in [0.15, 0.2) is 0 Å². The van der Waals surface area contributed by atoms with Crippen molar-refractivity contribution in [3.8, 4) is 11.8 Å². The maximum absolute atomic E-state index is 13.6. The van der Waals surface area contributed by atoms with Crippen LogP contribution in [0.5, 0.6) is 0 Å². The van der Waals surface area contributed by atoms with Gasteiger partial charge in [0.1, 0.15) is 4.88 Å². The van der Waals surface area contributed by atoms with Gasteiger partial charge in [-0.25, -0.2) is 4.79 Å². The first-order chi connectivity index (χ1) is 13.7. The van der Waals surface area contributed by atoms with Crippen LogP contribution in [0.4, 0.5) is 5.69 Å². The number of hydrogen-bond donors (Lipinski definition) is 2. The molecule has 0 unspecified atom stereocenters. The van der Waals surface area contributed by atoms with Crippen LogP contribution in [-0.4, -0.2) is 36.1 Å². The fourth-order valence-corrected chi connectivity index (χ4v) is 4.92. The zero-order valence-corrected chi connectivity index (χ0v) is 18.7. The Morgan fingerprint density at radius 3 is 2.45 bits per heavy atom. The van der Waals surface area contributed by atoms with E-state index in [0.29, 0.717) is 23.0 Å². The van der Waals surface area contributed by atoms with Crippen molar-refractivity contribution in [2.24, 2.45) is 17.3 Å². The van der Waals surface area contributed by atoms with Gasteiger partial charge in [-0.1, -0.05) is 18.8 Å². The molecule has 1 atom stereocenters. The maximum Gasteiger partial charge on any atom is 0.348 e. The molecule has 1 saturated carbocycles. The fourth-order valence-electron chi connectivity index (χ4n) is 4.08. The third-order valence-electron chi connectivity index (χ3n) is 5.73. The van der Waals surface area contributed by atoms with Gasteiger partial charge in [0.05, 0.1) is 16.6 Å². The third-order valence-corrected chi connectivity index (χ3v) is 6.76. The van der Waals surface area contributed by atoms with Crippen LogP contribution in [0.15, 0.2) is 6.07 Å². The number of anilines is 1. The molecule has 5 nitrogen and oxygen atoms in total. The van der Waals surface area contributed by atoms with Crippen molar-refractivity contribution >= 4 is 28.9 Å². The van der Waals surface area contributed by atoms with Crippen molar-refractivity contribution in [3.63, 3.8) is 0 Å². The second-order valence-electron chi connectivity index (χ2n) is 9.44. The van der Waals surface area contributed by atoms with E-state index in [1.165, 1.54) is 11.3 Å². The number of carbonyl (C=O) groups excluding carboxylic acids is 1. The highest BCUT2D eigenvalue weighted by Gasteiger charge is 2.36. The van der Waals surface area contributed by atoms with E-state index in [1.807, 2.05) is 26.8 Å². The van der Waals surface area contributed by atoms with Crippen LogP contribution in [-0.2, 0) is 4.79 Å². The molecule has 2 heterocycles. The van der Waals surface area contributed by atoms with Crippen LogP contribution in [0.25, 0.3) is 0 Å². The number of carboxylic acids is 1. The Morgan fingerprint density at radius 2 is 1.90 bits per heavy atom. The molecule has 1 aliphatic carbocycles. The molecule has 0 spiro atoms. The van der Waals surface area contributed by atoms with Crippen LogP contribution in [0.1, 0.15) is 74.3 Å². The van der Waals surface area contributed by atoms with Crippen molar-refractivity contribution in [3.05, 3.63) is 15.8 Å². The van der Waals surface area contributed by atoms with Crippen molar-refractivity contribution in [1.82, 2.24) is 5.32 Å². The zero-order chi connectivity index (χ0) is 21.2. The summed E-state index contributed by atoms with van der Waals surface area (Å²) in [6.45, 7) is 9.86. The lowest BCUT2D eigenvalue weighted by atomic mass is 9.82. The summed E-state index contributed by atoms with van der Waals surface area (Å²) in [6.07, 6.45) is 4.74. The first kappa shape index (κ1) is 21.9. The van der Waals surface area contributed by atoms with E-state index in [2.05, 4.69) is 24.1 Å². The summed E-state index contributed by atoms with van der Waals surface area (Å²) in [5.41, 5.74) is 0.357. The Balaban J connectivity index is 1.98. The van der Waals surface area contributed by atoms with Crippen LogP contribution in [0, 0.1) is 29.1 Å². The lowest BCUT2D eigenvalue weighted by Gasteiger charge is -2.34. The minimum atomic E-state index is -0.991. The smallest absolute Gasteiger partial charge is 0.348 e. The number of thiophene rings is 1. The number of rotatable bonds is 4. The van der Waals surface area contributed by atoms with Gasteiger partial charge < -0.3 is 15.3 Å². The number of carboxylic acid groups (broad SMARTS) is 1. The van der Waals surface area contributed by atoms with Crippen molar-refractivity contribution in [2.75, 3.05) is 18.0 Å². The predicted molar refractivity (Wildman–Crippen MR) is 117 cm³/mol. The van der Waals surface area contributed by atoms with Gasteiger partial charge in [-0.2, -0.15) is 0 Å². The van der Waals surface area contributed by atoms with Gasteiger partial charge in [-0.3, -0.25) is 4.79 Å². The first-order valence-electron chi connectivity index (χ1n) is 10.6. The Kier molecular flexibility index (Phi) is 6.70. The molecule has 6 heteroatoms. The molecule has 29 heavy (non-hydrogen) atoms. The Labute approximate surface area is 177 Å². The summed E-state index contributed by atoms with van der Waals surface area (Å²) in [5, 5.41) is 13.2. The molecule has 1 saturated heterocycles. The quantitative estimate of drug-likeness (QED) is 0.716. The molecular formula is C23H32N2O3S. The molecule has 0 aromatic carbocycles. The zero-order valence-electron chi connectivity index (χ0n) is 17.9. The van der Waals surface area contributed by atoms with Crippen molar-refractivity contribution in [1.29, 1.82) is 0 Å². The van der Waals surface area contributed by atoms with E-state index in [-0.39, 0.29) is 28.2 Å². The summed E-state index contributed by atoms with van der Waals surface area (Å²) < 4.78 is 0. The van der Waals surface area contributed by atoms with Crippen LogP contribution in [0.3, 0.4) is 0 Å². The molecular weight excluding hydrogens is 384 g/mol. The summed E-state index contributed by atoms with van der Waals surface area (Å²) in [7, 11) is 0. The largest absolute Gasteiger partial charge is 0.477 e. The highest BCUT2D eigenvalue weighted by molar-refractivity contribution is 7.15. The van der Waals surface area contributed by atoms with E-state index in [0.717, 1.165) is 38.6 Å². The lowest BCUT2D eigenvalue weighted by Crippen LogP contribution is -2.46. The summed E-state index contributed by atoms with van der Waals surface area (Å²) in [6, 6.07) is 1.81. The molecule has 3 rings (SSSR count). The number of nitrogens with one attached hydrogen (secondary N) is 1. The number of aromatic carboxylic acids is 1. The van der Waals surface area contributed by atoms with Crippen LogP contribution in [0.2, 0.25) is 0 Å². The fraction of sp³-hybridized carbons (Fsp3) is 0.652. The SMILES string of the molecule is CC1CCC(C(=O)N(c2cc(C#CC(C)(C)C)sc2C(=O)O)[C@@H]2CCNC2)CC1. The molecule has 1 aliphatic heterocycles. The van der Waals surface area contributed by atoms with E-state index in [4.69, 9.17) is 0 Å². The standard InChI is InChI=1S/C23H32N2O3S/c1-15-5-7-16(8-6-15)21(26)25(17-10-12-24-14-17)19-13-18(9-11-23(2,3)4)29-20(19)22(27)28/h13,15-17,24H,5-8,10,12,14H2,1-4H3,(H,27,28)/t15?,16?,17-/m1/s1. The van der Waals surface area contributed by atoms with E-state index >= 15 is 0 Å². The van der Waals surface area contributed by atoms with Crippen molar-refractivity contribution < 1.29 is 14.7 Å². The average molecular weight is 417 g/mol. The van der Waals surface area contributed by atoms with Crippen LogP contribution >= 0.6 is 11.3 Å². The molecule has 2 fully saturated rings. The predicted octanol–water partition coefficient (Wildman–Crippen LogP) is 4.37. The highest BCUT2D eigenvalue weighted by atomic mass is 32.1. The van der Waals surface area contributed by atoms with Gasteiger partial charge in [0, 0.05) is 17.9 Å². The molecule has 2 aliphatic rings. The molecule has 1 aromatic heterocycles. The minimum absolute atomic E-state index is 0.00187. The minimum Gasteiger partial charge on any atom is -0.477 e. The third kappa shape index (κ3) is 5.40. The molecule has 0 bridgehead atoms. The molecule has 1 amide bonds. The van der Waals surface area contributed by atoms with Gasteiger partial charge in [0.2, 0.25) is 5.91 Å². The second-order valence-corrected chi connectivity index (χ2v) is 10.5. The number of carbonyl (C=O) groups is 2. The van der Waals surface area contributed by atoms with Gasteiger partial charge in [-0.05, 0) is 71.4 Å². The first-order valence-corrected chi connectivity index (χ1v) is 11.4. The lowest BCUT2D eigenvalue weighted by molar-refractivity contribution is -0.124. The van der Waals surface area contributed by atoms with E-state index in [9.17, 15) is 14.7 Å².